The van der Waals surface area contributed by atoms with Gasteiger partial charge < -0.3 is 19.9 Å². The van der Waals surface area contributed by atoms with Crippen molar-refractivity contribution in [3.05, 3.63) is 53.6 Å². The van der Waals surface area contributed by atoms with Crippen LogP contribution in [0.15, 0.2) is 47.4 Å². The van der Waals surface area contributed by atoms with Crippen molar-refractivity contribution < 1.29 is 19.2 Å². The summed E-state index contributed by atoms with van der Waals surface area (Å²) in [5.41, 5.74) is 3.49. The number of hydrogen-bond acceptors (Lipinski definition) is 4. The van der Waals surface area contributed by atoms with E-state index >= 15 is 0 Å². The second-order valence-electron chi connectivity index (χ2n) is 8.14. The first kappa shape index (κ1) is 19.5. The Morgan fingerprint density at radius 2 is 2.03 bits per heavy atom. The number of para-hydroxylation sites is 1. The van der Waals surface area contributed by atoms with Gasteiger partial charge in [0, 0.05) is 23.3 Å². The molecule has 0 aromatic heterocycles. The van der Waals surface area contributed by atoms with Gasteiger partial charge in [0.1, 0.15) is 12.3 Å². The van der Waals surface area contributed by atoms with E-state index in [2.05, 4.69) is 23.5 Å². The minimum Gasteiger partial charge on any atom is -0.493 e. The number of hydrogen-bond donors (Lipinski definition) is 2. The Balaban J connectivity index is 1.13. The highest BCUT2D eigenvalue weighted by molar-refractivity contribution is 8.01. The van der Waals surface area contributed by atoms with Gasteiger partial charge in [-0.05, 0) is 35.9 Å². The highest BCUT2D eigenvalue weighted by Gasteiger charge is 2.32. The summed E-state index contributed by atoms with van der Waals surface area (Å²) in [6, 6.07) is 14.3. The fraction of sp³-hybridized carbons (Fsp3) is 0.391. The van der Waals surface area contributed by atoms with Gasteiger partial charge >= 0.3 is 0 Å². The first-order valence-corrected chi connectivity index (χ1v) is 11.5. The molecular weight excluding hydrogens is 398 g/mol. The van der Waals surface area contributed by atoms with Crippen LogP contribution in [0, 0.1) is 0 Å². The Bertz CT molecular complexity index is 972. The van der Waals surface area contributed by atoms with Gasteiger partial charge in [-0.15, -0.1) is 11.8 Å². The van der Waals surface area contributed by atoms with Crippen LogP contribution in [0.3, 0.4) is 0 Å². The number of rotatable bonds is 4. The maximum absolute atomic E-state index is 12.8. The monoisotopic (exact) mass is 424 g/mol. The summed E-state index contributed by atoms with van der Waals surface area (Å²) in [6.45, 7) is 5.14. The number of nitrogens with one attached hydrogen (secondary N) is 2. The Morgan fingerprint density at radius 3 is 2.90 bits per heavy atom. The third kappa shape index (κ3) is 4.04. The molecular formula is C23H26N3O3S+. The quantitative estimate of drug-likeness (QED) is 0.778. The van der Waals surface area contributed by atoms with Crippen LogP contribution in [0.1, 0.15) is 17.5 Å². The molecule has 0 unspecified atom stereocenters. The zero-order chi connectivity index (χ0) is 20.5. The fourth-order valence-corrected chi connectivity index (χ4v) is 5.50. The molecule has 1 fully saturated rings. The summed E-state index contributed by atoms with van der Waals surface area (Å²) >= 11 is 1.49. The molecule has 1 saturated heterocycles. The molecule has 3 heterocycles. The lowest BCUT2D eigenvalue weighted by atomic mass is 10.1. The second kappa shape index (κ2) is 8.32. The van der Waals surface area contributed by atoms with E-state index in [0.29, 0.717) is 0 Å². The fourth-order valence-electron chi connectivity index (χ4n) is 4.40. The molecule has 156 valence electrons. The molecule has 3 aliphatic heterocycles. The minimum absolute atomic E-state index is 0.0723. The smallest absolute Gasteiger partial charge is 0.238 e. The van der Waals surface area contributed by atoms with Gasteiger partial charge in [0.25, 0.3) is 0 Å². The van der Waals surface area contributed by atoms with E-state index < -0.39 is 0 Å². The van der Waals surface area contributed by atoms with Crippen LogP contribution in [0.2, 0.25) is 0 Å². The molecule has 0 bridgehead atoms. The lowest BCUT2D eigenvalue weighted by Crippen LogP contribution is -3.13. The van der Waals surface area contributed by atoms with Crippen LogP contribution in [-0.2, 0) is 22.6 Å². The number of piperazine rings is 1. The Morgan fingerprint density at radius 1 is 1.20 bits per heavy atom. The molecule has 30 heavy (non-hydrogen) atoms. The Labute approximate surface area is 180 Å². The molecule has 6 nitrogen and oxygen atoms in total. The predicted octanol–water partition coefficient (Wildman–Crippen LogP) is 1.35. The lowest BCUT2D eigenvalue weighted by Gasteiger charge is -2.33. The third-order valence-electron chi connectivity index (χ3n) is 6.10. The minimum atomic E-state index is -0.355. The maximum atomic E-state index is 12.8. The summed E-state index contributed by atoms with van der Waals surface area (Å²) in [5.74, 6) is 1.03. The van der Waals surface area contributed by atoms with Crippen LogP contribution < -0.4 is 15.0 Å². The van der Waals surface area contributed by atoms with Gasteiger partial charge in [-0.2, -0.15) is 0 Å². The highest BCUT2D eigenvalue weighted by atomic mass is 32.2. The van der Waals surface area contributed by atoms with Crippen molar-refractivity contribution in [3.63, 3.8) is 0 Å². The average Bonchev–Trinajstić information content (AvgIpc) is 3.23. The van der Waals surface area contributed by atoms with Gasteiger partial charge in [0.15, 0.2) is 0 Å². The van der Waals surface area contributed by atoms with Crippen LogP contribution in [0.25, 0.3) is 0 Å². The largest absolute Gasteiger partial charge is 0.493 e. The molecule has 5 rings (SSSR count). The number of fused-ring (bicyclic) bond motifs is 2. The molecule has 7 heteroatoms. The van der Waals surface area contributed by atoms with E-state index in [-0.39, 0.29) is 23.5 Å². The zero-order valence-electron chi connectivity index (χ0n) is 16.9. The molecule has 2 aromatic rings. The summed E-state index contributed by atoms with van der Waals surface area (Å²) in [4.78, 5) is 29.7. The van der Waals surface area contributed by atoms with Gasteiger partial charge in [0.05, 0.1) is 43.7 Å². The summed E-state index contributed by atoms with van der Waals surface area (Å²) in [7, 11) is 0. The van der Waals surface area contributed by atoms with E-state index in [4.69, 9.17) is 4.74 Å². The number of nitrogens with zero attached hydrogens (tertiary/aromatic N) is 1. The van der Waals surface area contributed by atoms with E-state index in [1.165, 1.54) is 27.8 Å². The van der Waals surface area contributed by atoms with Crippen molar-refractivity contribution in [3.8, 4) is 5.75 Å². The number of benzene rings is 2. The number of ether oxygens (including phenoxy) is 1. The SMILES string of the molecule is O=C1Nc2ccccc2S[C@H]1CC(=O)N1CC[NH+](Cc2ccc3c(c2)CCO3)CC1. The molecule has 0 spiro atoms. The number of carbonyl (C=O) groups excluding carboxylic acids is 2. The van der Waals surface area contributed by atoms with Crippen LogP contribution in [-0.4, -0.2) is 54.8 Å². The first-order valence-electron chi connectivity index (χ1n) is 10.6. The van der Waals surface area contributed by atoms with Crippen molar-refractivity contribution in [2.24, 2.45) is 0 Å². The van der Waals surface area contributed by atoms with Crippen molar-refractivity contribution in [2.45, 2.75) is 29.5 Å². The van der Waals surface area contributed by atoms with E-state index in [0.717, 1.165) is 62.1 Å². The average molecular weight is 425 g/mol. The number of thioether (sulfide) groups is 1. The van der Waals surface area contributed by atoms with Gasteiger partial charge in [0.2, 0.25) is 11.8 Å². The zero-order valence-corrected chi connectivity index (χ0v) is 17.7. The van der Waals surface area contributed by atoms with Crippen molar-refractivity contribution in [1.29, 1.82) is 0 Å². The third-order valence-corrected chi connectivity index (χ3v) is 7.37. The summed E-state index contributed by atoms with van der Waals surface area (Å²) < 4.78 is 5.59. The summed E-state index contributed by atoms with van der Waals surface area (Å²) in [6.07, 6.45) is 1.25. The molecule has 3 aliphatic rings. The number of amides is 2. The standard InChI is InChI=1S/C23H25N3O3S/c27-22(14-21-23(28)24-18-3-1-2-4-20(18)30-21)26-10-8-25(9-11-26)15-16-5-6-19-17(13-16)7-12-29-19/h1-6,13,21H,7-12,14-15H2,(H,24,28)/p+1/t21-/m0/s1. The topological polar surface area (TPSA) is 63.1 Å². The Hall–Kier alpha value is -2.51. The highest BCUT2D eigenvalue weighted by Crippen LogP contribution is 2.36. The molecule has 2 amide bonds. The van der Waals surface area contributed by atoms with Gasteiger partial charge in [-0.25, -0.2) is 0 Å². The Kier molecular flexibility index (Phi) is 5.39. The summed E-state index contributed by atoms with van der Waals surface area (Å²) in [5, 5.41) is 2.57. The van der Waals surface area contributed by atoms with Gasteiger partial charge in [-0.1, -0.05) is 12.1 Å². The number of quaternary nitrogens is 1. The van der Waals surface area contributed by atoms with Crippen molar-refractivity contribution in [2.75, 3.05) is 38.1 Å². The molecule has 2 aromatic carbocycles. The van der Waals surface area contributed by atoms with Crippen molar-refractivity contribution in [1.82, 2.24) is 4.90 Å². The molecule has 1 atom stereocenters. The predicted molar refractivity (Wildman–Crippen MR) is 116 cm³/mol. The van der Waals surface area contributed by atoms with Crippen LogP contribution >= 0.6 is 11.8 Å². The maximum Gasteiger partial charge on any atom is 0.238 e. The lowest BCUT2D eigenvalue weighted by molar-refractivity contribution is -0.917. The molecule has 0 aliphatic carbocycles. The van der Waals surface area contributed by atoms with Gasteiger partial charge in [-0.3, -0.25) is 9.59 Å². The van der Waals surface area contributed by atoms with Crippen LogP contribution in [0.4, 0.5) is 5.69 Å². The van der Waals surface area contributed by atoms with E-state index in [1.54, 1.807) is 0 Å². The van der Waals surface area contributed by atoms with Crippen LogP contribution in [0.5, 0.6) is 5.75 Å². The number of carbonyl (C=O) groups is 2. The number of anilines is 1. The normalized spacial score (nSPS) is 20.9. The molecule has 0 saturated carbocycles. The first-order chi connectivity index (χ1) is 14.7. The second-order valence-corrected chi connectivity index (χ2v) is 9.39. The van der Waals surface area contributed by atoms with E-state index in [1.807, 2.05) is 29.2 Å². The molecule has 0 radical (unpaired) electrons. The molecule has 2 N–H and O–H groups in total. The van der Waals surface area contributed by atoms with Crippen molar-refractivity contribution >= 4 is 29.3 Å². The van der Waals surface area contributed by atoms with E-state index in [9.17, 15) is 9.59 Å².